The van der Waals surface area contributed by atoms with Gasteiger partial charge in [0.2, 0.25) is 0 Å². The van der Waals surface area contributed by atoms with Crippen molar-refractivity contribution >= 4 is 9.84 Å². The quantitative estimate of drug-likeness (QED) is 0.757. The molecule has 0 atom stereocenters. The highest BCUT2D eigenvalue weighted by molar-refractivity contribution is 7.90. The number of nitrogens with one attached hydrogen (secondary N) is 1. The average Bonchev–Trinajstić information content (AvgIpc) is 2.88. The molecule has 26 heavy (non-hydrogen) atoms. The summed E-state index contributed by atoms with van der Waals surface area (Å²) in [5, 5.41) is 2.99. The number of aromatic nitrogens is 3. The number of ether oxygens (including phenoxy) is 1. The normalized spacial score (nSPS) is 11.5. The number of aromatic amines is 1. The minimum atomic E-state index is -3.34. The molecule has 0 radical (unpaired) electrons. The maximum absolute atomic E-state index is 12.9. The Balaban J connectivity index is 2.09. The Kier molecular flexibility index (Phi) is 4.45. The molecular weight excluding hydrogens is 354 g/mol. The van der Waals surface area contributed by atoms with E-state index in [2.05, 4.69) is 10.1 Å². The number of H-pyrrole nitrogens is 1. The molecule has 0 amide bonds. The number of aryl methyl sites for hydroxylation is 2. The van der Waals surface area contributed by atoms with Crippen LogP contribution in [-0.4, -0.2) is 36.5 Å². The van der Waals surface area contributed by atoms with Crippen LogP contribution in [0.4, 0.5) is 0 Å². The molecule has 0 saturated heterocycles. The number of pyridine rings is 1. The lowest BCUT2D eigenvalue weighted by Gasteiger charge is -2.06. The molecule has 8 heteroatoms. The van der Waals surface area contributed by atoms with Gasteiger partial charge in [0, 0.05) is 18.1 Å². The fourth-order valence-electron chi connectivity index (χ4n) is 2.81. The van der Waals surface area contributed by atoms with Crippen molar-refractivity contribution in [1.29, 1.82) is 0 Å². The fourth-order valence-corrected chi connectivity index (χ4v) is 3.37. The van der Waals surface area contributed by atoms with Crippen LogP contribution in [0.15, 0.2) is 46.2 Å². The van der Waals surface area contributed by atoms with Crippen molar-refractivity contribution in [3.8, 4) is 22.7 Å². The summed E-state index contributed by atoms with van der Waals surface area (Å²) in [5.41, 5.74) is 2.66. The van der Waals surface area contributed by atoms with Crippen molar-refractivity contribution in [3.05, 3.63) is 58.1 Å². The predicted octanol–water partition coefficient (Wildman–Crippen LogP) is 2.26. The predicted molar refractivity (Wildman–Crippen MR) is 98.8 cm³/mol. The molecule has 0 bridgehead atoms. The van der Waals surface area contributed by atoms with Crippen LogP contribution < -0.4 is 10.3 Å². The van der Waals surface area contributed by atoms with E-state index in [-0.39, 0.29) is 10.5 Å². The standard InChI is InChI=1S/C18H19N3O4S/c1-11-9-13(5-7-15(11)25-3)17-12(2)20-21(18(17)22)16-8-6-14(10-19-16)26(4,23)24/h5-10,20H,1-4H3. The van der Waals surface area contributed by atoms with E-state index >= 15 is 0 Å². The molecule has 136 valence electrons. The van der Waals surface area contributed by atoms with Crippen LogP contribution in [0.1, 0.15) is 11.3 Å². The van der Waals surface area contributed by atoms with Gasteiger partial charge in [0.25, 0.3) is 5.56 Å². The number of benzene rings is 1. The minimum absolute atomic E-state index is 0.101. The number of sulfone groups is 1. The van der Waals surface area contributed by atoms with E-state index in [1.165, 1.54) is 23.0 Å². The molecule has 3 rings (SSSR count). The Labute approximate surface area is 151 Å². The Morgan fingerprint density at radius 1 is 1.15 bits per heavy atom. The molecule has 7 nitrogen and oxygen atoms in total. The number of rotatable bonds is 4. The average molecular weight is 373 g/mol. The zero-order chi connectivity index (χ0) is 19.1. The SMILES string of the molecule is COc1ccc(-c2c(C)[nH]n(-c3ccc(S(C)(=O)=O)cn3)c2=O)cc1C. The number of methoxy groups -OCH3 is 1. The van der Waals surface area contributed by atoms with Gasteiger partial charge in [0.05, 0.1) is 17.6 Å². The van der Waals surface area contributed by atoms with E-state index in [4.69, 9.17) is 4.74 Å². The van der Waals surface area contributed by atoms with Crippen LogP contribution in [0.3, 0.4) is 0 Å². The van der Waals surface area contributed by atoms with Crippen LogP contribution >= 0.6 is 0 Å². The molecule has 0 aliphatic heterocycles. The lowest BCUT2D eigenvalue weighted by Crippen LogP contribution is -2.17. The van der Waals surface area contributed by atoms with Gasteiger partial charge in [-0.25, -0.2) is 18.1 Å². The Morgan fingerprint density at radius 3 is 2.42 bits per heavy atom. The fraction of sp³-hybridized carbons (Fsp3) is 0.222. The van der Waals surface area contributed by atoms with E-state index < -0.39 is 9.84 Å². The summed E-state index contributed by atoms with van der Waals surface area (Å²) in [6, 6.07) is 8.46. The first-order valence-corrected chi connectivity index (χ1v) is 9.74. The molecule has 1 N–H and O–H groups in total. The van der Waals surface area contributed by atoms with E-state index in [0.29, 0.717) is 17.1 Å². The van der Waals surface area contributed by atoms with Gasteiger partial charge in [-0.1, -0.05) is 6.07 Å². The first-order chi connectivity index (χ1) is 12.2. The van der Waals surface area contributed by atoms with E-state index in [9.17, 15) is 13.2 Å². The summed E-state index contributed by atoms with van der Waals surface area (Å²) in [4.78, 5) is 17.1. The molecule has 0 aliphatic rings. The maximum atomic E-state index is 12.9. The second-order valence-corrected chi connectivity index (χ2v) is 8.08. The largest absolute Gasteiger partial charge is 0.496 e. The van der Waals surface area contributed by atoms with E-state index in [0.717, 1.165) is 23.1 Å². The zero-order valence-electron chi connectivity index (χ0n) is 14.9. The highest BCUT2D eigenvalue weighted by Gasteiger charge is 2.16. The van der Waals surface area contributed by atoms with Crippen molar-refractivity contribution in [2.24, 2.45) is 0 Å². The summed E-state index contributed by atoms with van der Waals surface area (Å²) in [5.74, 6) is 1.07. The van der Waals surface area contributed by atoms with Crippen molar-refractivity contribution in [1.82, 2.24) is 14.8 Å². The summed E-state index contributed by atoms with van der Waals surface area (Å²) in [6.07, 6.45) is 2.35. The monoisotopic (exact) mass is 373 g/mol. The van der Waals surface area contributed by atoms with Gasteiger partial charge in [0.15, 0.2) is 15.7 Å². The van der Waals surface area contributed by atoms with Crippen LogP contribution in [0.2, 0.25) is 0 Å². The Hall–Kier alpha value is -2.87. The van der Waals surface area contributed by atoms with Crippen molar-refractivity contribution in [2.45, 2.75) is 18.7 Å². The highest BCUT2D eigenvalue weighted by atomic mass is 32.2. The smallest absolute Gasteiger partial charge is 0.280 e. The first-order valence-electron chi connectivity index (χ1n) is 7.85. The van der Waals surface area contributed by atoms with E-state index in [1.54, 1.807) is 14.0 Å². The molecule has 0 fully saturated rings. The van der Waals surface area contributed by atoms with Gasteiger partial charge in [0.1, 0.15) is 5.75 Å². The molecule has 3 aromatic rings. The van der Waals surface area contributed by atoms with Crippen molar-refractivity contribution in [2.75, 3.05) is 13.4 Å². The van der Waals surface area contributed by atoms with Crippen molar-refractivity contribution < 1.29 is 13.2 Å². The van der Waals surface area contributed by atoms with Gasteiger partial charge >= 0.3 is 0 Å². The molecule has 2 aromatic heterocycles. The second kappa shape index (κ2) is 6.45. The molecule has 2 heterocycles. The van der Waals surface area contributed by atoms with Gasteiger partial charge in [-0.2, -0.15) is 0 Å². The number of hydrogen-bond acceptors (Lipinski definition) is 5. The van der Waals surface area contributed by atoms with Crippen LogP contribution in [-0.2, 0) is 9.84 Å². The second-order valence-electron chi connectivity index (χ2n) is 6.06. The van der Waals surface area contributed by atoms with Crippen molar-refractivity contribution in [3.63, 3.8) is 0 Å². The van der Waals surface area contributed by atoms with Crippen LogP contribution in [0.5, 0.6) is 5.75 Å². The van der Waals surface area contributed by atoms with Crippen LogP contribution in [0, 0.1) is 13.8 Å². The van der Waals surface area contributed by atoms with Crippen LogP contribution in [0.25, 0.3) is 16.9 Å². The molecular formula is C18H19N3O4S. The summed E-state index contributed by atoms with van der Waals surface area (Å²) >= 11 is 0. The lowest BCUT2D eigenvalue weighted by molar-refractivity contribution is 0.412. The third kappa shape index (κ3) is 3.15. The van der Waals surface area contributed by atoms with E-state index in [1.807, 2.05) is 25.1 Å². The third-order valence-corrected chi connectivity index (χ3v) is 5.23. The molecule has 0 spiro atoms. The Morgan fingerprint density at radius 2 is 1.88 bits per heavy atom. The molecule has 0 aliphatic carbocycles. The molecule has 0 unspecified atom stereocenters. The molecule has 0 saturated carbocycles. The first kappa shape index (κ1) is 17.9. The lowest BCUT2D eigenvalue weighted by atomic mass is 10.0. The van der Waals surface area contributed by atoms with Gasteiger partial charge in [-0.05, 0) is 49.2 Å². The third-order valence-electron chi connectivity index (χ3n) is 4.13. The van der Waals surface area contributed by atoms with Gasteiger partial charge in [-0.15, -0.1) is 0 Å². The maximum Gasteiger partial charge on any atom is 0.280 e. The topological polar surface area (TPSA) is 94.1 Å². The summed E-state index contributed by atoms with van der Waals surface area (Å²) < 4.78 is 29.7. The number of nitrogens with zero attached hydrogens (tertiary/aromatic N) is 2. The minimum Gasteiger partial charge on any atom is -0.496 e. The zero-order valence-corrected chi connectivity index (χ0v) is 15.7. The summed E-state index contributed by atoms with van der Waals surface area (Å²) in [6.45, 7) is 3.71. The molecule has 1 aromatic carbocycles. The highest BCUT2D eigenvalue weighted by Crippen LogP contribution is 2.26. The van der Waals surface area contributed by atoms with Gasteiger partial charge in [-0.3, -0.25) is 9.89 Å². The Bertz CT molecular complexity index is 1130. The number of hydrogen-bond donors (Lipinski definition) is 1. The van der Waals surface area contributed by atoms with Gasteiger partial charge < -0.3 is 4.74 Å². The summed E-state index contributed by atoms with van der Waals surface area (Å²) in [7, 11) is -1.74.